The summed E-state index contributed by atoms with van der Waals surface area (Å²) in [6, 6.07) is 1.70. The first-order chi connectivity index (χ1) is 8.13. The molecule has 1 heterocycles. The highest BCUT2D eigenvalue weighted by molar-refractivity contribution is 5.85. The molecular weight excluding hydrogens is 220 g/mol. The first-order valence-electron chi connectivity index (χ1n) is 5.57. The van der Waals surface area contributed by atoms with E-state index in [9.17, 15) is 4.79 Å². The van der Waals surface area contributed by atoms with Gasteiger partial charge in [-0.1, -0.05) is 0 Å². The summed E-state index contributed by atoms with van der Waals surface area (Å²) in [6.07, 6.45) is 4.74. The number of nitrogens with zero attached hydrogens (tertiary/aromatic N) is 2. The molecule has 1 aromatic heterocycles. The van der Waals surface area contributed by atoms with Gasteiger partial charge in [0.05, 0.1) is 7.11 Å². The van der Waals surface area contributed by atoms with Crippen molar-refractivity contribution in [2.75, 3.05) is 19.0 Å². The highest BCUT2D eigenvalue weighted by Gasteiger charge is 2.32. The van der Waals surface area contributed by atoms with Gasteiger partial charge in [0.2, 0.25) is 5.82 Å². The van der Waals surface area contributed by atoms with Gasteiger partial charge in [0, 0.05) is 18.3 Å². The van der Waals surface area contributed by atoms with Crippen LogP contribution in [0, 0.1) is 0 Å². The van der Waals surface area contributed by atoms with E-state index in [1.807, 2.05) is 0 Å². The molecule has 1 fully saturated rings. The molecule has 0 radical (unpaired) electrons. The zero-order valence-corrected chi connectivity index (χ0v) is 9.77. The first kappa shape index (κ1) is 11.8. The van der Waals surface area contributed by atoms with Gasteiger partial charge in [-0.2, -0.15) is 0 Å². The van der Waals surface area contributed by atoms with E-state index in [1.54, 1.807) is 6.07 Å². The summed E-state index contributed by atoms with van der Waals surface area (Å²) >= 11 is 0. The lowest BCUT2D eigenvalue weighted by Gasteiger charge is -2.38. The predicted octanol–water partition coefficient (Wildman–Crippen LogP) is 0.556. The second-order valence-corrected chi connectivity index (χ2v) is 4.33. The minimum Gasteiger partial charge on any atom is -0.463 e. The maximum absolute atomic E-state index is 11.2. The number of hydrogen-bond donors (Lipinski definition) is 2. The number of ether oxygens (including phenoxy) is 1. The fourth-order valence-corrected chi connectivity index (χ4v) is 1.72. The molecule has 3 N–H and O–H groups in total. The van der Waals surface area contributed by atoms with E-state index in [0.717, 1.165) is 12.8 Å². The van der Waals surface area contributed by atoms with E-state index >= 15 is 0 Å². The Kier molecular flexibility index (Phi) is 3.23. The molecule has 0 bridgehead atoms. The average Bonchev–Trinajstić information content (AvgIpc) is 2.33. The molecule has 92 valence electrons. The van der Waals surface area contributed by atoms with Crippen LogP contribution in [0.2, 0.25) is 0 Å². The highest BCUT2D eigenvalue weighted by Crippen LogP contribution is 2.28. The lowest BCUT2D eigenvalue weighted by molar-refractivity contribution is 0.0587. The Labute approximate surface area is 99.6 Å². The third-order valence-corrected chi connectivity index (χ3v) is 2.99. The quantitative estimate of drug-likeness (QED) is 0.742. The van der Waals surface area contributed by atoms with Crippen LogP contribution in [0.25, 0.3) is 0 Å². The number of carbonyl (C=O) groups excluding carboxylic acids is 1. The second kappa shape index (κ2) is 4.67. The summed E-state index contributed by atoms with van der Waals surface area (Å²) in [6.45, 7) is 0.657. The molecule has 0 aromatic carbocycles. The molecule has 0 aliphatic heterocycles. The van der Waals surface area contributed by atoms with E-state index in [0.29, 0.717) is 12.4 Å². The number of carbonyl (C=O) groups is 1. The molecule has 2 rings (SSSR count). The van der Waals surface area contributed by atoms with Gasteiger partial charge in [-0.25, -0.2) is 14.8 Å². The van der Waals surface area contributed by atoms with Crippen LogP contribution in [0.4, 0.5) is 5.82 Å². The van der Waals surface area contributed by atoms with Crippen molar-refractivity contribution in [1.82, 2.24) is 9.97 Å². The summed E-state index contributed by atoms with van der Waals surface area (Å²) in [5.74, 6) is 0.106. The molecule has 0 spiro atoms. The number of aromatic nitrogens is 2. The van der Waals surface area contributed by atoms with E-state index < -0.39 is 5.97 Å². The summed E-state index contributed by atoms with van der Waals surface area (Å²) in [7, 11) is 1.30. The smallest absolute Gasteiger partial charge is 0.376 e. The Morgan fingerprint density at radius 1 is 1.65 bits per heavy atom. The maximum atomic E-state index is 11.2. The van der Waals surface area contributed by atoms with Gasteiger partial charge in [0.25, 0.3) is 0 Å². The van der Waals surface area contributed by atoms with Crippen molar-refractivity contribution in [2.45, 2.75) is 24.8 Å². The zero-order valence-electron chi connectivity index (χ0n) is 9.77. The van der Waals surface area contributed by atoms with Crippen LogP contribution < -0.4 is 11.1 Å². The van der Waals surface area contributed by atoms with Gasteiger partial charge in [0.1, 0.15) is 5.82 Å². The van der Waals surface area contributed by atoms with Gasteiger partial charge in [0.15, 0.2) is 0 Å². The summed E-state index contributed by atoms with van der Waals surface area (Å²) in [4.78, 5) is 19.1. The number of esters is 1. The topological polar surface area (TPSA) is 90.1 Å². The number of anilines is 1. The van der Waals surface area contributed by atoms with E-state index in [1.165, 1.54) is 19.7 Å². The Morgan fingerprint density at radius 3 is 3.00 bits per heavy atom. The molecule has 0 saturated heterocycles. The normalized spacial score (nSPS) is 17.1. The van der Waals surface area contributed by atoms with Crippen molar-refractivity contribution in [3.8, 4) is 0 Å². The number of methoxy groups -OCH3 is 1. The number of nitrogens with one attached hydrogen (secondary N) is 1. The van der Waals surface area contributed by atoms with Crippen LogP contribution in [0.5, 0.6) is 0 Å². The summed E-state index contributed by atoms with van der Waals surface area (Å²) in [5, 5.41) is 3.12. The van der Waals surface area contributed by atoms with Gasteiger partial charge < -0.3 is 15.8 Å². The number of rotatable bonds is 4. The zero-order chi connectivity index (χ0) is 12.3. The molecule has 1 aliphatic carbocycles. The second-order valence-electron chi connectivity index (χ2n) is 4.33. The molecular formula is C11H16N4O2. The minimum atomic E-state index is -0.542. The molecule has 0 atom stereocenters. The van der Waals surface area contributed by atoms with Crippen LogP contribution >= 0.6 is 0 Å². The Hall–Kier alpha value is -1.69. The lowest BCUT2D eigenvalue weighted by atomic mass is 9.78. The Morgan fingerprint density at radius 2 is 2.41 bits per heavy atom. The summed E-state index contributed by atoms with van der Waals surface area (Å²) < 4.78 is 4.55. The molecule has 17 heavy (non-hydrogen) atoms. The molecule has 6 nitrogen and oxygen atoms in total. The predicted molar refractivity (Wildman–Crippen MR) is 62.6 cm³/mol. The van der Waals surface area contributed by atoms with Crippen LogP contribution in [-0.4, -0.2) is 35.1 Å². The van der Waals surface area contributed by atoms with Crippen LogP contribution in [0.3, 0.4) is 0 Å². The van der Waals surface area contributed by atoms with Gasteiger partial charge in [-0.05, 0) is 25.3 Å². The standard InChI is InChI=1S/C11H16N4O2/c1-17-10(16)9-13-6-3-8(15-9)14-7-11(12)4-2-5-11/h3,6H,2,4-5,7,12H2,1H3,(H,13,14,15). The lowest BCUT2D eigenvalue weighted by Crippen LogP contribution is -2.52. The fraction of sp³-hybridized carbons (Fsp3) is 0.545. The number of nitrogens with two attached hydrogens (primary N) is 1. The first-order valence-corrected chi connectivity index (χ1v) is 5.57. The van der Waals surface area contributed by atoms with Gasteiger partial charge in [-0.15, -0.1) is 0 Å². The Balaban J connectivity index is 1.98. The molecule has 0 unspecified atom stereocenters. The van der Waals surface area contributed by atoms with Crippen molar-refractivity contribution < 1.29 is 9.53 Å². The van der Waals surface area contributed by atoms with Crippen molar-refractivity contribution >= 4 is 11.8 Å². The minimum absolute atomic E-state index is 0.0529. The van der Waals surface area contributed by atoms with E-state index in [4.69, 9.17) is 5.73 Å². The molecule has 1 aliphatic rings. The van der Waals surface area contributed by atoms with E-state index in [2.05, 4.69) is 20.0 Å². The van der Waals surface area contributed by atoms with Crippen molar-refractivity contribution in [2.24, 2.45) is 5.73 Å². The molecule has 1 saturated carbocycles. The SMILES string of the molecule is COC(=O)c1nccc(NCC2(N)CCC2)n1. The number of hydrogen-bond acceptors (Lipinski definition) is 6. The Bertz CT molecular complexity index is 418. The van der Waals surface area contributed by atoms with Crippen molar-refractivity contribution in [1.29, 1.82) is 0 Å². The third kappa shape index (κ3) is 2.71. The molecule has 0 amide bonds. The van der Waals surface area contributed by atoms with Gasteiger partial charge >= 0.3 is 5.97 Å². The van der Waals surface area contributed by atoms with Crippen molar-refractivity contribution in [3.63, 3.8) is 0 Å². The van der Waals surface area contributed by atoms with Crippen molar-refractivity contribution in [3.05, 3.63) is 18.1 Å². The molecule has 6 heteroatoms. The summed E-state index contributed by atoms with van der Waals surface area (Å²) in [5.41, 5.74) is 5.95. The van der Waals surface area contributed by atoms with E-state index in [-0.39, 0.29) is 11.4 Å². The van der Waals surface area contributed by atoms with Gasteiger partial charge in [-0.3, -0.25) is 0 Å². The molecule has 1 aromatic rings. The monoisotopic (exact) mass is 236 g/mol. The maximum Gasteiger partial charge on any atom is 0.376 e. The highest BCUT2D eigenvalue weighted by atomic mass is 16.5. The fourth-order valence-electron chi connectivity index (χ4n) is 1.72. The third-order valence-electron chi connectivity index (χ3n) is 2.99. The average molecular weight is 236 g/mol. The largest absolute Gasteiger partial charge is 0.463 e. The van der Waals surface area contributed by atoms with Crippen LogP contribution in [-0.2, 0) is 4.74 Å². The van der Waals surface area contributed by atoms with Crippen LogP contribution in [0.1, 0.15) is 29.9 Å². The van der Waals surface area contributed by atoms with Crippen LogP contribution in [0.15, 0.2) is 12.3 Å².